The predicted octanol–water partition coefficient (Wildman–Crippen LogP) is 2.69. The van der Waals surface area contributed by atoms with Gasteiger partial charge in [0.15, 0.2) is 0 Å². The summed E-state index contributed by atoms with van der Waals surface area (Å²) >= 11 is 0. The van der Waals surface area contributed by atoms with Gasteiger partial charge in [-0.15, -0.1) is 0 Å². The number of rotatable bonds is 5. The molecule has 1 aliphatic heterocycles. The summed E-state index contributed by atoms with van der Waals surface area (Å²) in [6, 6.07) is 16.0. The molecule has 0 aliphatic carbocycles. The van der Waals surface area contributed by atoms with E-state index in [9.17, 15) is 0 Å². The third-order valence-corrected chi connectivity index (χ3v) is 5.33. The molecule has 29 heavy (non-hydrogen) atoms. The minimum atomic E-state index is 0.323. The summed E-state index contributed by atoms with van der Waals surface area (Å²) in [7, 11) is 0. The van der Waals surface area contributed by atoms with E-state index in [1.54, 1.807) is 0 Å². The number of nitrogens with zero attached hydrogens (tertiary/aromatic N) is 8. The molecule has 0 bridgehead atoms. The predicted molar refractivity (Wildman–Crippen MR) is 109 cm³/mol. The van der Waals surface area contributed by atoms with Crippen LogP contribution >= 0.6 is 0 Å². The van der Waals surface area contributed by atoms with E-state index in [2.05, 4.69) is 35.0 Å². The van der Waals surface area contributed by atoms with E-state index in [0.717, 1.165) is 55.6 Å². The molecular formula is C21H22N8. The molecule has 1 fully saturated rings. The molecule has 8 nitrogen and oxygen atoms in total. The monoisotopic (exact) mass is 386 g/mol. The lowest BCUT2D eigenvalue weighted by Gasteiger charge is -2.32. The molecule has 0 saturated carbocycles. The number of benzene rings is 1. The van der Waals surface area contributed by atoms with Crippen molar-refractivity contribution in [2.24, 2.45) is 0 Å². The second-order valence-electron chi connectivity index (χ2n) is 7.25. The maximum absolute atomic E-state index is 4.68. The van der Waals surface area contributed by atoms with Gasteiger partial charge in [0.05, 0.1) is 17.9 Å². The first-order valence-electron chi connectivity index (χ1n) is 9.88. The molecule has 8 heteroatoms. The standard InChI is InChI=1S/C21H22N8/c1-2-9-19(10-3-1)29-21(24-25-26-29)28-13-6-7-17(15-28)20-23-12-14-27(20)16-18-8-4-5-11-22-18/h1-5,8-12,14,17H,6-7,13,15-16H2. The van der Waals surface area contributed by atoms with Crippen LogP contribution in [0.5, 0.6) is 0 Å². The van der Waals surface area contributed by atoms with Gasteiger partial charge in [0.2, 0.25) is 5.95 Å². The van der Waals surface area contributed by atoms with Crippen molar-refractivity contribution in [2.75, 3.05) is 18.0 Å². The zero-order chi connectivity index (χ0) is 19.5. The van der Waals surface area contributed by atoms with Crippen molar-refractivity contribution in [1.82, 2.24) is 34.7 Å². The van der Waals surface area contributed by atoms with Gasteiger partial charge in [0.25, 0.3) is 0 Å². The van der Waals surface area contributed by atoms with Gasteiger partial charge in [-0.3, -0.25) is 4.98 Å². The molecule has 0 amide bonds. The van der Waals surface area contributed by atoms with Crippen molar-refractivity contribution in [1.29, 1.82) is 0 Å². The number of anilines is 1. The fourth-order valence-electron chi connectivity index (χ4n) is 3.97. The van der Waals surface area contributed by atoms with Crippen LogP contribution in [0.15, 0.2) is 67.1 Å². The van der Waals surface area contributed by atoms with Gasteiger partial charge in [-0.05, 0) is 47.5 Å². The van der Waals surface area contributed by atoms with E-state index in [1.807, 2.05) is 71.8 Å². The van der Waals surface area contributed by atoms with Crippen molar-refractivity contribution in [3.8, 4) is 5.69 Å². The smallest absolute Gasteiger partial charge is 0.250 e. The van der Waals surface area contributed by atoms with Crippen LogP contribution in [-0.4, -0.2) is 47.8 Å². The van der Waals surface area contributed by atoms with Gasteiger partial charge in [-0.2, -0.15) is 4.68 Å². The Labute approximate surface area is 168 Å². The van der Waals surface area contributed by atoms with E-state index in [-0.39, 0.29) is 0 Å². The van der Waals surface area contributed by atoms with Gasteiger partial charge in [0, 0.05) is 37.6 Å². The molecule has 1 unspecified atom stereocenters. The highest BCUT2D eigenvalue weighted by atomic mass is 15.6. The molecule has 3 aromatic heterocycles. The number of para-hydroxylation sites is 1. The lowest BCUT2D eigenvalue weighted by atomic mass is 9.97. The Kier molecular flexibility index (Phi) is 4.73. The minimum Gasteiger partial charge on any atom is -0.339 e. The summed E-state index contributed by atoms with van der Waals surface area (Å²) in [5, 5.41) is 12.4. The molecule has 0 radical (unpaired) electrons. The van der Waals surface area contributed by atoms with E-state index < -0.39 is 0 Å². The topological polar surface area (TPSA) is 77.5 Å². The number of piperidine rings is 1. The molecule has 4 aromatic rings. The van der Waals surface area contributed by atoms with Crippen LogP contribution in [0.4, 0.5) is 5.95 Å². The van der Waals surface area contributed by atoms with E-state index >= 15 is 0 Å². The quantitative estimate of drug-likeness (QED) is 0.525. The van der Waals surface area contributed by atoms with E-state index in [1.165, 1.54) is 0 Å². The maximum atomic E-state index is 4.68. The normalized spacial score (nSPS) is 16.8. The highest BCUT2D eigenvalue weighted by molar-refractivity contribution is 5.41. The second-order valence-corrected chi connectivity index (χ2v) is 7.25. The summed E-state index contributed by atoms with van der Waals surface area (Å²) in [6.07, 6.45) is 7.92. The number of imidazole rings is 1. The third kappa shape index (κ3) is 3.61. The highest BCUT2D eigenvalue weighted by Gasteiger charge is 2.28. The van der Waals surface area contributed by atoms with Crippen LogP contribution in [0.25, 0.3) is 5.69 Å². The third-order valence-electron chi connectivity index (χ3n) is 5.33. The Balaban J connectivity index is 1.38. The van der Waals surface area contributed by atoms with Crippen LogP contribution in [-0.2, 0) is 6.54 Å². The summed E-state index contributed by atoms with van der Waals surface area (Å²) in [6.45, 7) is 2.51. The summed E-state index contributed by atoms with van der Waals surface area (Å²) in [5.41, 5.74) is 2.00. The van der Waals surface area contributed by atoms with Crippen LogP contribution in [0.2, 0.25) is 0 Å². The molecule has 5 rings (SSSR count). The molecular weight excluding hydrogens is 364 g/mol. The molecule has 1 atom stereocenters. The zero-order valence-corrected chi connectivity index (χ0v) is 16.0. The SMILES string of the molecule is c1ccc(-n2nnnc2N2CCCC(c3nccn3Cc3ccccn3)C2)cc1. The summed E-state index contributed by atoms with van der Waals surface area (Å²) < 4.78 is 4.01. The molecule has 1 saturated heterocycles. The fraction of sp³-hybridized carbons (Fsp3) is 0.286. The number of aromatic nitrogens is 7. The Bertz CT molecular complexity index is 1060. The van der Waals surface area contributed by atoms with Crippen LogP contribution in [0, 0.1) is 0 Å². The molecule has 1 aliphatic rings. The van der Waals surface area contributed by atoms with Gasteiger partial charge in [-0.25, -0.2) is 4.98 Å². The average molecular weight is 386 g/mol. The molecule has 146 valence electrons. The number of tetrazole rings is 1. The molecule has 0 N–H and O–H groups in total. The molecule has 4 heterocycles. The first-order chi connectivity index (χ1) is 14.4. The highest BCUT2D eigenvalue weighted by Crippen LogP contribution is 2.29. The van der Waals surface area contributed by atoms with Crippen LogP contribution in [0.1, 0.15) is 30.3 Å². The van der Waals surface area contributed by atoms with E-state index in [0.29, 0.717) is 5.92 Å². The largest absolute Gasteiger partial charge is 0.339 e. The van der Waals surface area contributed by atoms with E-state index in [4.69, 9.17) is 0 Å². The first kappa shape index (κ1) is 17.5. The fourth-order valence-corrected chi connectivity index (χ4v) is 3.97. The summed E-state index contributed by atoms with van der Waals surface area (Å²) in [4.78, 5) is 11.4. The molecule has 1 aromatic carbocycles. The maximum Gasteiger partial charge on any atom is 0.250 e. The Hall–Kier alpha value is -3.55. The number of pyridine rings is 1. The average Bonchev–Trinajstić information content (AvgIpc) is 3.45. The van der Waals surface area contributed by atoms with Crippen molar-refractivity contribution >= 4 is 5.95 Å². The van der Waals surface area contributed by atoms with Crippen molar-refractivity contribution in [2.45, 2.75) is 25.3 Å². The first-order valence-corrected chi connectivity index (χ1v) is 9.88. The zero-order valence-electron chi connectivity index (χ0n) is 16.0. The molecule has 0 spiro atoms. The number of hydrogen-bond acceptors (Lipinski definition) is 6. The Morgan fingerprint density at radius 1 is 0.966 bits per heavy atom. The van der Waals surface area contributed by atoms with Gasteiger partial charge >= 0.3 is 0 Å². The lowest BCUT2D eigenvalue weighted by molar-refractivity contribution is 0.468. The van der Waals surface area contributed by atoms with Crippen molar-refractivity contribution in [3.05, 3.63) is 78.6 Å². The van der Waals surface area contributed by atoms with Crippen LogP contribution < -0.4 is 4.90 Å². The van der Waals surface area contributed by atoms with Gasteiger partial charge in [-0.1, -0.05) is 29.4 Å². The Morgan fingerprint density at radius 3 is 2.72 bits per heavy atom. The Morgan fingerprint density at radius 2 is 1.86 bits per heavy atom. The lowest BCUT2D eigenvalue weighted by Crippen LogP contribution is -2.37. The van der Waals surface area contributed by atoms with Crippen molar-refractivity contribution in [3.63, 3.8) is 0 Å². The number of hydrogen-bond donors (Lipinski definition) is 0. The van der Waals surface area contributed by atoms with Gasteiger partial charge < -0.3 is 9.47 Å². The van der Waals surface area contributed by atoms with Crippen molar-refractivity contribution < 1.29 is 0 Å². The van der Waals surface area contributed by atoms with Crippen LogP contribution in [0.3, 0.4) is 0 Å². The summed E-state index contributed by atoms with van der Waals surface area (Å²) in [5.74, 6) is 2.20. The van der Waals surface area contributed by atoms with Gasteiger partial charge in [0.1, 0.15) is 5.82 Å². The minimum absolute atomic E-state index is 0.323. The second kappa shape index (κ2) is 7.83.